The van der Waals surface area contributed by atoms with Crippen molar-refractivity contribution in [3.8, 4) is 5.75 Å². The third-order valence-electron chi connectivity index (χ3n) is 3.28. The van der Waals surface area contributed by atoms with Gasteiger partial charge in [-0.15, -0.1) is 0 Å². The number of carbonyl (C=O) groups excluding carboxylic acids is 1. The number of phenols is 1. The van der Waals surface area contributed by atoms with Crippen molar-refractivity contribution in [2.24, 2.45) is 0 Å². The normalized spacial score (nSPS) is 22.5. The predicted molar refractivity (Wildman–Crippen MR) is 72.5 cm³/mol. The summed E-state index contributed by atoms with van der Waals surface area (Å²) in [7, 11) is 1.61. The van der Waals surface area contributed by atoms with Gasteiger partial charge in [-0.1, -0.05) is 11.6 Å². The first-order valence-corrected chi connectivity index (χ1v) is 6.46. The molecule has 0 saturated carbocycles. The molecule has 1 heterocycles. The average molecular weight is 285 g/mol. The van der Waals surface area contributed by atoms with E-state index in [-0.39, 0.29) is 28.8 Å². The Hall–Kier alpha value is -1.30. The van der Waals surface area contributed by atoms with Gasteiger partial charge >= 0.3 is 0 Å². The maximum absolute atomic E-state index is 12.2. The SMILES string of the molecule is CN(CC1(O)CCNC1)C(=O)c1cc(O)ccc1Cl. The van der Waals surface area contributed by atoms with Crippen LogP contribution in [0.15, 0.2) is 18.2 Å². The number of likely N-dealkylation sites (N-methyl/N-ethyl adjacent to an activating group) is 1. The maximum atomic E-state index is 12.2. The van der Waals surface area contributed by atoms with Gasteiger partial charge in [0.05, 0.1) is 22.7 Å². The lowest BCUT2D eigenvalue weighted by Crippen LogP contribution is -2.45. The van der Waals surface area contributed by atoms with Crippen LogP contribution >= 0.6 is 11.6 Å². The first kappa shape index (κ1) is 14.1. The van der Waals surface area contributed by atoms with E-state index in [2.05, 4.69) is 5.32 Å². The van der Waals surface area contributed by atoms with Crippen LogP contribution in [0.25, 0.3) is 0 Å². The minimum atomic E-state index is -0.895. The molecule has 1 aromatic carbocycles. The van der Waals surface area contributed by atoms with Crippen LogP contribution in [0, 0.1) is 0 Å². The number of rotatable bonds is 3. The number of benzene rings is 1. The van der Waals surface area contributed by atoms with E-state index in [0.717, 1.165) is 6.54 Å². The highest BCUT2D eigenvalue weighted by atomic mass is 35.5. The summed E-state index contributed by atoms with van der Waals surface area (Å²) in [6.07, 6.45) is 0.610. The smallest absolute Gasteiger partial charge is 0.255 e. The Kier molecular flexibility index (Phi) is 3.99. The van der Waals surface area contributed by atoms with Gasteiger partial charge in [-0.2, -0.15) is 0 Å². The number of aromatic hydroxyl groups is 1. The summed E-state index contributed by atoms with van der Waals surface area (Å²) in [5.41, 5.74) is -0.660. The van der Waals surface area contributed by atoms with Crippen LogP contribution in [0.3, 0.4) is 0 Å². The molecule has 0 spiro atoms. The van der Waals surface area contributed by atoms with Crippen LogP contribution < -0.4 is 5.32 Å². The lowest BCUT2D eigenvalue weighted by atomic mass is 10.0. The molecule has 0 radical (unpaired) electrons. The van der Waals surface area contributed by atoms with Crippen molar-refractivity contribution >= 4 is 17.5 Å². The zero-order chi connectivity index (χ0) is 14.0. The third kappa shape index (κ3) is 3.18. The van der Waals surface area contributed by atoms with Crippen molar-refractivity contribution in [3.63, 3.8) is 0 Å². The second kappa shape index (κ2) is 5.36. The van der Waals surface area contributed by atoms with Gasteiger partial charge in [0.1, 0.15) is 5.75 Å². The van der Waals surface area contributed by atoms with E-state index >= 15 is 0 Å². The number of β-amino-alcohol motifs (C(OH)–C–C–N with tert-alkyl or cyclic N) is 1. The number of carbonyl (C=O) groups is 1. The molecule has 2 rings (SSSR count). The van der Waals surface area contributed by atoms with Crippen molar-refractivity contribution < 1.29 is 15.0 Å². The number of amides is 1. The number of phenolic OH excluding ortho intramolecular Hbond substituents is 1. The lowest BCUT2D eigenvalue weighted by Gasteiger charge is -2.28. The Morgan fingerprint density at radius 3 is 2.95 bits per heavy atom. The van der Waals surface area contributed by atoms with Crippen molar-refractivity contribution in [1.82, 2.24) is 10.2 Å². The molecule has 0 aromatic heterocycles. The Balaban J connectivity index is 2.12. The van der Waals surface area contributed by atoms with Gasteiger partial charge in [-0.05, 0) is 31.2 Å². The number of halogens is 1. The van der Waals surface area contributed by atoms with Gasteiger partial charge in [0.2, 0.25) is 0 Å². The summed E-state index contributed by atoms with van der Waals surface area (Å²) in [6, 6.07) is 4.23. The Morgan fingerprint density at radius 1 is 1.58 bits per heavy atom. The molecular weight excluding hydrogens is 268 g/mol. The van der Waals surface area contributed by atoms with E-state index < -0.39 is 5.60 Å². The fraction of sp³-hybridized carbons (Fsp3) is 0.462. The molecule has 104 valence electrons. The van der Waals surface area contributed by atoms with Crippen LogP contribution in [-0.2, 0) is 0 Å². The summed E-state index contributed by atoms with van der Waals surface area (Å²) in [6.45, 7) is 1.44. The predicted octanol–water partition coefficient (Wildman–Crippen LogP) is 0.842. The van der Waals surface area contributed by atoms with E-state index in [1.54, 1.807) is 7.05 Å². The molecule has 0 aliphatic carbocycles. The highest BCUT2D eigenvalue weighted by Crippen LogP contribution is 2.23. The Labute approximate surface area is 116 Å². The van der Waals surface area contributed by atoms with Gasteiger partial charge in [0.15, 0.2) is 0 Å². The summed E-state index contributed by atoms with van der Waals surface area (Å²) in [5.74, 6) is -0.330. The number of hydrogen-bond donors (Lipinski definition) is 3. The van der Waals surface area contributed by atoms with Gasteiger partial charge in [-0.3, -0.25) is 4.79 Å². The van der Waals surface area contributed by atoms with Gasteiger partial charge in [0.25, 0.3) is 5.91 Å². The molecule has 5 nitrogen and oxygen atoms in total. The summed E-state index contributed by atoms with van der Waals surface area (Å²) < 4.78 is 0. The topological polar surface area (TPSA) is 72.8 Å². The first-order chi connectivity index (χ1) is 8.91. The van der Waals surface area contributed by atoms with E-state index in [1.165, 1.54) is 23.1 Å². The maximum Gasteiger partial charge on any atom is 0.255 e. The molecular formula is C13H17ClN2O3. The van der Waals surface area contributed by atoms with Crippen molar-refractivity contribution in [2.75, 3.05) is 26.7 Å². The van der Waals surface area contributed by atoms with Crippen molar-refractivity contribution in [1.29, 1.82) is 0 Å². The highest BCUT2D eigenvalue weighted by molar-refractivity contribution is 6.33. The Morgan fingerprint density at radius 2 is 2.32 bits per heavy atom. The number of nitrogens with one attached hydrogen (secondary N) is 1. The van der Waals surface area contributed by atoms with Crippen molar-refractivity contribution in [2.45, 2.75) is 12.0 Å². The largest absolute Gasteiger partial charge is 0.508 e. The molecule has 1 fully saturated rings. The average Bonchev–Trinajstić information content (AvgIpc) is 2.78. The van der Waals surface area contributed by atoms with Gasteiger partial charge in [-0.25, -0.2) is 0 Å². The number of nitrogens with zero attached hydrogens (tertiary/aromatic N) is 1. The second-order valence-corrected chi connectivity index (χ2v) is 5.38. The van der Waals surface area contributed by atoms with Gasteiger partial charge < -0.3 is 20.4 Å². The Bertz CT molecular complexity index is 487. The molecule has 19 heavy (non-hydrogen) atoms. The number of hydrogen-bond acceptors (Lipinski definition) is 4. The van der Waals surface area contributed by atoms with E-state index in [0.29, 0.717) is 13.0 Å². The van der Waals surface area contributed by atoms with Crippen LogP contribution in [0.5, 0.6) is 5.75 Å². The summed E-state index contributed by atoms with van der Waals surface area (Å²) in [4.78, 5) is 13.7. The minimum absolute atomic E-state index is 0.0117. The van der Waals surface area contributed by atoms with Crippen LogP contribution in [0.1, 0.15) is 16.8 Å². The quantitative estimate of drug-likeness (QED) is 0.769. The molecule has 1 unspecified atom stereocenters. The zero-order valence-electron chi connectivity index (χ0n) is 10.7. The molecule has 1 saturated heterocycles. The summed E-state index contributed by atoms with van der Waals surface area (Å²) >= 11 is 5.95. The fourth-order valence-corrected chi connectivity index (χ4v) is 2.46. The van der Waals surface area contributed by atoms with E-state index in [9.17, 15) is 15.0 Å². The number of aliphatic hydroxyl groups is 1. The summed E-state index contributed by atoms with van der Waals surface area (Å²) in [5, 5.41) is 23.0. The zero-order valence-corrected chi connectivity index (χ0v) is 11.4. The van der Waals surface area contributed by atoms with Crippen molar-refractivity contribution in [3.05, 3.63) is 28.8 Å². The van der Waals surface area contributed by atoms with E-state index in [4.69, 9.17) is 11.6 Å². The lowest BCUT2D eigenvalue weighted by molar-refractivity contribution is 0.0252. The molecule has 1 amide bonds. The van der Waals surface area contributed by atoms with Crippen LogP contribution in [-0.4, -0.2) is 53.3 Å². The fourth-order valence-electron chi connectivity index (χ4n) is 2.26. The molecule has 1 aliphatic rings. The molecule has 3 N–H and O–H groups in total. The molecule has 1 aromatic rings. The minimum Gasteiger partial charge on any atom is -0.508 e. The molecule has 6 heteroatoms. The third-order valence-corrected chi connectivity index (χ3v) is 3.61. The monoisotopic (exact) mass is 284 g/mol. The molecule has 0 bridgehead atoms. The molecule has 1 atom stereocenters. The first-order valence-electron chi connectivity index (χ1n) is 6.08. The highest BCUT2D eigenvalue weighted by Gasteiger charge is 2.33. The van der Waals surface area contributed by atoms with E-state index in [1.807, 2.05) is 0 Å². The molecule has 1 aliphatic heterocycles. The standard InChI is InChI=1S/C13H17ClN2O3/c1-16(8-13(19)4-5-15-7-13)12(18)10-6-9(17)2-3-11(10)14/h2-3,6,15,17,19H,4-5,7-8H2,1H3. The van der Waals surface area contributed by atoms with Gasteiger partial charge in [0, 0.05) is 13.6 Å². The second-order valence-electron chi connectivity index (χ2n) is 4.98. The van der Waals surface area contributed by atoms with Crippen LogP contribution in [0.2, 0.25) is 5.02 Å². The van der Waals surface area contributed by atoms with Crippen LogP contribution in [0.4, 0.5) is 0 Å².